The molecule has 0 unspecified atom stereocenters. The quantitative estimate of drug-likeness (QED) is 0.167. The summed E-state index contributed by atoms with van der Waals surface area (Å²) in [5.41, 5.74) is 6.15. The van der Waals surface area contributed by atoms with Gasteiger partial charge in [-0.15, -0.1) is 0 Å². The first-order valence-electron chi connectivity index (χ1n) is 16.3. The summed E-state index contributed by atoms with van der Waals surface area (Å²) in [7, 11) is 0. The Bertz CT molecular complexity index is 2260. The number of aliphatic hydroxyl groups excluding tert-OH is 2. The molecule has 0 aliphatic heterocycles. The average Bonchev–Trinajstić information content (AvgIpc) is 3.15. The molecule has 4 nitrogen and oxygen atoms in total. The second-order valence-corrected chi connectivity index (χ2v) is 11.9. The van der Waals surface area contributed by atoms with Gasteiger partial charge in [-0.25, -0.2) is 0 Å². The maximum atomic E-state index is 9.91. The van der Waals surface area contributed by atoms with Crippen molar-refractivity contribution in [1.82, 2.24) is 0 Å². The predicted octanol–water partition coefficient (Wildman–Crippen LogP) is 10.0. The molecular weight excluding hydrogens is 592 g/mol. The summed E-state index contributed by atoms with van der Waals surface area (Å²) in [5.74, 6) is 1.30. The van der Waals surface area contributed by atoms with Crippen LogP contribution in [0.5, 0.6) is 11.5 Å². The van der Waals surface area contributed by atoms with Crippen LogP contribution in [0, 0.1) is 0 Å². The molecule has 2 N–H and O–H groups in total. The van der Waals surface area contributed by atoms with Gasteiger partial charge in [0, 0.05) is 21.9 Å². The molecular formula is C44H34O4. The second kappa shape index (κ2) is 12.8. The van der Waals surface area contributed by atoms with Gasteiger partial charge in [-0.05, 0) is 66.7 Å². The topological polar surface area (TPSA) is 58.9 Å². The first kappa shape index (κ1) is 29.7. The molecule has 0 saturated heterocycles. The third-order valence-corrected chi connectivity index (χ3v) is 9.12. The van der Waals surface area contributed by atoms with Crippen molar-refractivity contribution < 1.29 is 19.7 Å². The maximum absolute atomic E-state index is 9.91. The van der Waals surface area contributed by atoms with Crippen LogP contribution in [0.15, 0.2) is 146 Å². The number of fused-ring (bicyclic) bond motifs is 4. The van der Waals surface area contributed by atoms with Crippen molar-refractivity contribution in [1.29, 1.82) is 0 Å². The van der Waals surface area contributed by atoms with E-state index in [1.165, 1.54) is 0 Å². The van der Waals surface area contributed by atoms with Crippen molar-refractivity contribution in [2.24, 2.45) is 0 Å². The molecule has 0 heterocycles. The zero-order valence-electron chi connectivity index (χ0n) is 26.4. The van der Waals surface area contributed by atoms with Crippen LogP contribution < -0.4 is 9.47 Å². The molecule has 0 saturated carbocycles. The van der Waals surface area contributed by atoms with Gasteiger partial charge in [0.1, 0.15) is 24.7 Å². The Balaban J connectivity index is 1.55. The highest BCUT2D eigenvalue weighted by atomic mass is 16.5. The van der Waals surface area contributed by atoms with E-state index in [0.717, 1.165) is 76.5 Å². The van der Waals surface area contributed by atoms with Gasteiger partial charge < -0.3 is 19.7 Å². The highest BCUT2D eigenvalue weighted by molar-refractivity contribution is 6.19. The normalized spacial score (nSPS) is 11.5. The average molecular weight is 627 g/mol. The molecule has 8 rings (SSSR count). The lowest BCUT2D eigenvalue weighted by Crippen LogP contribution is -2.06. The Morgan fingerprint density at radius 1 is 0.354 bits per heavy atom. The van der Waals surface area contributed by atoms with E-state index in [4.69, 9.17) is 9.47 Å². The fourth-order valence-electron chi connectivity index (χ4n) is 7.14. The van der Waals surface area contributed by atoms with Crippen LogP contribution in [-0.4, -0.2) is 36.6 Å². The Kier molecular flexibility index (Phi) is 7.95. The molecule has 0 bridgehead atoms. The van der Waals surface area contributed by atoms with Gasteiger partial charge in [0.05, 0.1) is 13.2 Å². The SMILES string of the molecule is OCCOc1ccc2cccc(-c3cccc4ccccc34)c2c1-c1c(OCCO)ccc2cccc(-c3cccc4ccccc34)c12. The highest BCUT2D eigenvalue weighted by Crippen LogP contribution is 2.51. The first-order valence-corrected chi connectivity index (χ1v) is 16.3. The molecule has 0 amide bonds. The van der Waals surface area contributed by atoms with Gasteiger partial charge in [-0.3, -0.25) is 0 Å². The van der Waals surface area contributed by atoms with Crippen LogP contribution in [-0.2, 0) is 0 Å². The van der Waals surface area contributed by atoms with Crippen LogP contribution in [0.3, 0.4) is 0 Å². The Morgan fingerprint density at radius 3 is 1.17 bits per heavy atom. The van der Waals surface area contributed by atoms with E-state index in [9.17, 15) is 10.2 Å². The minimum absolute atomic E-state index is 0.118. The molecule has 0 radical (unpaired) electrons. The van der Waals surface area contributed by atoms with Gasteiger partial charge in [0.2, 0.25) is 0 Å². The van der Waals surface area contributed by atoms with Crippen molar-refractivity contribution in [3.05, 3.63) is 146 Å². The fourth-order valence-corrected chi connectivity index (χ4v) is 7.14. The molecule has 48 heavy (non-hydrogen) atoms. The van der Waals surface area contributed by atoms with Gasteiger partial charge in [-0.2, -0.15) is 0 Å². The third kappa shape index (κ3) is 5.12. The maximum Gasteiger partial charge on any atom is 0.128 e. The van der Waals surface area contributed by atoms with Crippen molar-refractivity contribution in [3.8, 4) is 44.9 Å². The molecule has 0 atom stereocenters. The van der Waals surface area contributed by atoms with Crippen LogP contribution >= 0.6 is 0 Å². The summed E-state index contributed by atoms with van der Waals surface area (Å²) in [5, 5.41) is 28.6. The minimum Gasteiger partial charge on any atom is -0.491 e. The minimum atomic E-state index is -0.118. The Hall–Kier alpha value is -5.68. The lowest BCUT2D eigenvalue weighted by atomic mass is 9.84. The van der Waals surface area contributed by atoms with E-state index in [0.29, 0.717) is 11.5 Å². The summed E-state index contributed by atoms with van der Waals surface area (Å²) in [4.78, 5) is 0. The summed E-state index contributed by atoms with van der Waals surface area (Å²) in [6.07, 6.45) is 0. The van der Waals surface area contributed by atoms with Crippen LogP contribution in [0.25, 0.3) is 76.5 Å². The van der Waals surface area contributed by atoms with Crippen molar-refractivity contribution in [2.75, 3.05) is 26.4 Å². The third-order valence-electron chi connectivity index (χ3n) is 9.12. The molecule has 234 valence electrons. The van der Waals surface area contributed by atoms with E-state index < -0.39 is 0 Å². The Morgan fingerprint density at radius 2 is 0.729 bits per heavy atom. The molecule has 0 fully saturated rings. The van der Waals surface area contributed by atoms with Gasteiger partial charge >= 0.3 is 0 Å². The fraction of sp³-hybridized carbons (Fsp3) is 0.0909. The van der Waals surface area contributed by atoms with Gasteiger partial charge in [0.15, 0.2) is 0 Å². The van der Waals surface area contributed by atoms with Crippen molar-refractivity contribution in [3.63, 3.8) is 0 Å². The summed E-state index contributed by atoms with van der Waals surface area (Å²) in [6.45, 7) is 0.0473. The number of ether oxygens (including phenoxy) is 2. The smallest absolute Gasteiger partial charge is 0.128 e. The number of benzene rings is 8. The van der Waals surface area contributed by atoms with E-state index >= 15 is 0 Å². The van der Waals surface area contributed by atoms with Crippen molar-refractivity contribution >= 4 is 43.1 Å². The van der Waals surface area contributed by atoms with E-state index in [1.54, 1.807) is 0 Å². The largest absolute Gasteiger partial charge is 0.491 e. The molecule has 0 aliphatic carbocycles. The second-order valence-electron chi connectivity index (χ2n) is 11.9. The zero-order chi connectivity index (χ0) is 32.5. The highest BCUT2D eigenvalue weighted by Gasteiger charge is 2.24. The molecule has 0 aromatic heterocycles. The monoisotopic (exact) mass is 626 g/mol. The van der Waals surface area contributed by atoms with E-state index in [2.05, 4.69) is 133 Å². The molecule has 0 aliphatic rings. The van der Waals surface area contributed by atoms with Gasteiger partial charge in [0.25, 0.3) is 0 Å². The summed E-state index contributed by atoms with van der Waals surface area (Å²) in [6, 6.07) is 50.7. The predicted molar refractivity (Wildman–Crippen MR) is 198 cm³/mol. The van der Waals surface area contributed by atoms with E-state index in [-0.39, 0.29) is 26.4 Å². The Labute approximate surface area is 279 Å². The van der Waals surface area contributed by atoms with Crippen LogP contribution in [0.1, 0.15) is 0 Å². The summed E-state index contributed by atoms with van der Waals surface area (Å²) >= 11 is 0. The van der Waals surface area contributed by atoms with E-state index in [1.807, 2.05) is 12.1 Å². The molecule has 4 heteroatoms. The zero-order valence-corrected chi connectivity index (χ0v) is 26.4. The first-order chi connectivity index (χ1) is 23.8. The van der Waals surface area contributed by atoms with Crippen molar-refractivity contribution in [2.45, 2.75) is 0 Å². The van der Waals surface area contributed by atoms with Crippen LogP contribution in [0.2, 0.25) is 0 Å². The standard InChI is InChI=1S/C44H34O4/c45-25-27-47-39-23-21-31-13-7-19-37(35-17-5-11-29-9-1-3-15-33(29)35)41(31)43(39)44-40(48-28-26-46)24-22-32-14-8-20-38(42(32)44)36-18-6-12-30-10-2-4-16-34(30)36/h1-24,45-46H,25-28H2. The molecule has 8 aromatic rings. The molecule has 8 aromatic carbocycles. The number of hydrogen-bond donors (Lipinski definition) is 2. The van der Waals surface area contributed by atoms with Gasteiger partial charge in [-0.1, -0.05) is 133 Å². The number of rotatable bonds is 9. The van der Waals surface area contributed by atoms with Crippen LogP contribution in [0.4, 0.5) is 0 Å². The molecule has 0 spiro atoms. The lowest BCUT2D eigenvalue weighted by Gasteiger charge is -2.23. The number of aliphatic hydroxyl groups is 2. The summed E-state index contributed by atoms with van der Waals surface area (Å²) < 4.78 is 12.8. The number of hydrogen-bond acceptors (Lipinski definition) is 4. The lowest BCUT2D eigenvalue weighted by molar-refractivity contribution is 0.200.